The first-order valence-electron chi connectivity index (χ1n) is 6.09. The van der Waals surface area contributed by atoms with Crippen LogP contribution in [-0.4, -0.2) is 21.6 Å². The number of hydrogen-bond donors (Lipinski definition) is 1. The number of nitrogens with one attached hydrogen (secondary N) is 1. The van der Waals surface area contributed by atoms with Crippen LogP contribution in [0.1, 0.15) is 17.3 Å². The molecule has 0 radical (unpaired) electrons. The lowest BCUT2D eigenvalue weighted by molar-refractivity contribution is -0.387. The summed E-state index contributed by atoms with van der Waals surface area (Å²) in [5.74, 6) is -1.07. The van der Waals surface area contributed by atoms with E-state index in [2.05, 4.69) is 15.5 Å². The first-order chi connectivity index (χ1) is 9.97. The molecule has 0 aliphatic rings. The highest BCUT2D eigenvalue weighted by atomic mass is 19.1. The fourth-order valence-electron chi connectivity index (χ4n) is 1.72. The summed E-state index contributed by atoms with van der Waals surface area (Å²) in [5.41, 5.74) is -0.727. The van der Waals surface area contributed by atoms with Crippen LogP contribution < -0.4 is 5.32 Å². The number of halogens is 2. The third-order valence-corrected chi connectivity index (χ3v) is 2.72. The molecule has 9 heteroatoms. The molecule has 0 amide bonds. The molecule has 0 unspecified atom stereocenters. The summed E-state index contributed by atoms with van der Waals surface area (Å²) in [6, 6.07) is 1.40. The van der Waals surface area contributed by atoms with Crippen LogP contribution in [0.3, 0.4) is 0 Å². The summed E-state index contributed by atoms with van der Waals surface area (Å²) in [6.45, 7) is 2.12. The second-order valence-electron chi connectivity index (χ2n) is 4.31. The summed E-state index contributed by atoms with van der Waals surface area (Å²) < 4.78 is 31.5. The third-order valence-electron chi connectivity index (χ3n) is 2.72. The van der Waals surface area contributed by atoms with Crippen LogP contribution >= 0.6 is 0 Å². The Labute approximate surface area is 118 Å². The Balaban J connectivity index is 1.93. The summed E-state index contributed by atoms with van der Waals surface area (Å²) in [6.07, 6.45) is 0.461. The van der Waals surface area contributed by atoms with Gasteiger partial charge in [-0.05, 0) is 0 Å². The van der Waals surface area contributed by atoms with Crippen LogP contribution in [0.15, 0.2) is 16.7 Å². The van der Waals surface area contributed by atoms with Crippen molar-refractivity contribution in [1.82, 2.24) is 15.5 Å². The highest BCUT2D eigenvalue weighted by Gasteiger charge is 2.18. The minimum absolute atomic E-state index is 0.0207. The second kappa shape index (κ2) is 6.35. The van der Waals surface area contributed by atoms with Crippen LogP contribution in [0.5, 0.6) is 0 Å². The van der Waals surface area contributed by atoms with Crippen LogP contribution in [0, 0.1) is 28.7 Å². The van der Waals surface area contributed by atoms with Crippen molar-refractivity contribution in [3.63, 3.8) is 0 Å². The zero-order valence-electron chi connectivity index (χ0n) is 11.1. The molecule has 1 N–H and O–H groups in total. The molecule has 2 rings (SSSR count). The predicted octanol–water partition coefficient (Wildman–Crippen LogP) is 1.90. The molecule has 112 valence electrons. The lowest BCUT2D eigenvalue weighted by Gasteiger charge is -2.05. The van der Waals surface area contributed by atoms with Gasteiger partial charge in [-0.2, -0.15) is 9.37 Å². The second-order valence-corrected chi connectivity index (χ2v) is 4.31. The molecule has 21 heavy (non-hydrogen) atoms. The van der Waals surface area contributed by atoms with E-state index in [1.54, 1.807) is 6.92 Å². The van der Waals surface area contributed by atoms with Crippen LogP contribution in [0.25, 0.3) is 0 Å². The van der Waals surface area contributed by atoms with Gasteiger partial charge in [0.15, 0.2) is 5.82 Å². The number of rotatable bonds is 6. The van der Waals surface area contributed by atoms with Gasteiger partial charge in [0.1, 0.15) is 5.82 Å². The number of nitro benzene ring substituents is 1. The van der Waals surface area contributed by atoms with E-state index < -0.39 is 22.2 Å². The summed E-state index contributed by atoms with van der Waals surface area (Å²) in [4.78, 5) is 13.7. The molecule has 0 aliphatic heterocycles. The van der Waals surface area contributed by atoms with Crippen molar-refractivity contribution in [1.29, 1.82) is 0 Å². The van der Waals surface area contributed by atoms with Crippen molar-refractivity contribution in [3.8, 4) is 0 Å². The number of aryl methyl sites for hydroxylation is 1. The molecule has 0 saturated heterocycles. The fraction of sp³-hybridized carbons (Fsp3) is 0.333. The van der Waals surface area contributed by atoms with Gasteiger partial charge >= 0.3 is 5.69 Å². The Bertz CT molecular complexity index is 660. The van der Waals surface area contributed by atoms with E-state index in [-0.39, 0.29) is 12.1 Å². The van der Waals surface area contributed by atoms with E-state index in [9.17, 15) is 18.9 Å². The summed E-state index contributed by atoms with van der Waals surface area (Å²) in [7, 11) is 0. The van der Waals surface area contributed by atoms with Gasteiger partial charge < -0.3 is 9.84 Å². The normalized spacial score (nSPS) is 10.8. The molecule has 7 nitrogen and oxygen atoms in total. The Morgan fingerprint density at radius 3 is 2.76 bits per heavy atom. The number of benzene rings is 1. The Hall–Kier alpha value is -2.42. The van der Waals surface area contributed by atoms with E-state index >= 15 is 0 Å². The maximum atomic E-state index is 13.5. The molecule has 0 spiro atoms. The van der Waals surface area contributed by atoms with Gasteiger partial charge in [-0.25, -0.2) is 4.39 Å². The standard InChI is InChI=1S/C12H12F2N4O3/c1-7-16-12(17-21-7)2-3-15-6-8-4-11(18(19)20)10(14)5-9(8)13/h4-5,15H,2-3,6H2,1H3. The molecule has 2 aromatic rings. The van der Waals surface area contributed by atoms with Crippen molar-refractivity contribution in [2.75, 3.05) is 6.54 Å². The van der Waals surface area contributed by atoms with E-state index in [0.717, 1.165) is 6.07 Å². The topological polar surface area (TPSA) is 94.1 Å². The molecule has 0 fully saturated rings. The van der Waals surface area contributed by atoms with Crippen molar-refractivity contribution in [3.05, 3.63) is 51.2 Å². The zero-order chi connectivity index (χ0) is 15.4. The van der Waals surface area contributed by atoms with Gasteiger partial charge in [-0.1, -0.05) is 5.16 Å². The van der Waals surface area contributed by atoms with Crippen molar-refractivity contribution in [2.24, 2.45) is 0 Å². The maximum Gasteiger partial charge on any atom is 0.305 e. The van der Waals surface area contributed by atoms with E-state index in [1.165, 1.54) is 0 Å². The van der Waals surface area contributed by atoms with Gasteiger partial charge in [0.05, 0.1) is 4.92 Å². The van der Waals surface area contributed by atoms with Gasteiger partial charge in [0, 0.05) is 44.1 Å². The highest BCUT2D eigenvalue weighted by molar-refractivity contribution is 5.37. The number of hydrogen-bond acceptors (Lipinski definition) is 6. The minimum Gasteiger partial charge on any atom is -0.340 e. The Morgan fingerprint density at radius 2 is 2.14 bits per heavy atom. The SMILES string of the molecule is Cc1nc(CCNCc2cc([N+](=O)[O-])c(F)cc2F)no1. The molecule has 0 bridgehead atoms. The predicted molar refractivity (Wildman–Crippen MR) is 67.5 cm³/mol. The van der Waals surface area contributed by atoms with E-state index in [1.807, 2.05) is 0 Å². The van der Waals surface area contributed by atoms with Gasteiger partial charge in [0.25, 0.3) is 0 Å². The lowest BCUT2D eigenvalue weighted by Crippen LogP contribution is -2.18. The quantitative estimate of drug-likeness (QED) is 0.497. The van der Waals surface area contributed by atoms with Crippen LogP contribution in [-0.2, 0) is 13.0 Å². The maximum absolute atomic E-state index is 13.5. The number of aromatic nitrogens is 2. The van der Waals surface area contributed by atoms with Crippen molar-refractivity contribution < 1.29 is 18.2 Å². The van der Waals surface area contributed by atoms with Crippen molar-refractivity contribution >= 4 is 5.69 Å². The molecule has 0 aliphatic carbocycles. The Morgan fingerprint density at radius 1 is 1.38 bits per heavy atom. The first-order valence-corrected chi connectivity index (χ1v) is 6.09. The molecular formula is C12H12F2N4O3. The van der Waals surface area contributed by atoms with E-state index in [0.29, 0.717) is 30.7 Å². The average Bonchev–Trinajstić information content (AvgIpc) is 2.82. The average molecular weight is 298 g/mol. The monoisotopic (exact) mass is 298 g/mol. The number of nitrogens with zero attached hydrogens (tertiary/aromatic N) is 3. The van der Waals surface area contributed by atoms with Gasteiger partial charge in [-0.15, -0.1) is 0 Å². The van der Waals surface area contributed by atoms with Crippen LogP contribution in [0.2, 0.25) is 0 Å². The van der Waals surface area contributed by atoms with Crippen molar-refractivity contribution in [2.45, 2.75) is 19.9 Å². The van der Waals surface area contributed by atoms with E-state index in [4.69, 9.17) is 4.52 Å². The minimum atomic E-state index is -1.19. The first kappa shape index (κ1) is 15.0. The summed E-state index contributed by atoms with van der Waals surface area (Å²) >= 11 is 0. The molecule has 0 atom stereocenters. The smallest absolute Gasteiger partial charge is 0.305 e. The van der Waals surface area contributed by atoms with Gasteiger partial charge in [-0.3, -0.25) is 10.1 Å². The zero-order valence-corrected chi connectivity index (χ0v) is 11.1. The molecular weight excluding hydrogens is 286 g/mol. The molecule has 1 heterocycles. The summed E-state index contributed by atoms with van der Waals surface area (Å²) in [5, 5.41) is 17.2. The fourth-order valence-corrected chi connectivity index (χ4v) is 1.72. The molecule has 0 saturated carbocycles. The lowest BCUT2D eigenvalue weighted by atomic mass is 10.1. The van der Waals surface area contributed by atoms with Crippen LogP contribution in [0.4, 0.5) is 14.5 Å². The number of nitro groups is 1. The van der Waals surface area contributed by atoms with Gasteiger partial charge in [0.2, 0.25) is 11.7 Å². The largest absolute Gasteiger partial charge is 0.340 e. The molecule has 1 aromatic heterocycles. The molecule has 1 aromatic carbocycles. The highest BCUT2D eigenvalue weighted by Crippen LogP contribution is 2.21. The third kappa shape index (κ3) is 3.78. The Kier molecular flexibility index (Phi) is 4.53.